The second kappa shape index (κ2) is 8.63. The summed E-state index contributed by atoms with van der Waals surface area (Å²) in [5.41, 5.74) is 1.11. The first-order chi connectivity index (χ1) is 10.7. The topological polar surface area (TPSA) is 50.8 Å². The molecule has 1 fully saturated rings. The largest absolute Gasteiger partial charge is 0.493 e. The van der Waals surface area contributed by atoms with E-state index in [2.05, 4.69) is 12.2 Å². The van der Waals surface area contributed by atoms with Crippen molar-refractivity contribution in [1.82, 2.24) is 10.2 Å². The molecule has 0 unspecified atom stereocenters. The van der Waals surface area contributed by atoms with E-state index in [0.717, 1.165) is 56.1 Å². The van der Waals surface area contributed by atoms with Crippen LogP contribution in [0.5, 0.6) is 11.5 Å². The molecule has 0 aliphatic carbocycles. The van der Waals surface area contributed by atoms with Gasteiger partial charge in [-0.05, 0) is 30.5 Å². The molecule has 122 valence electrons. The Morgan fingerprint density at radius 3 is 2.73 bits per heavy atom. The number of hydrogen-bond acceptors (Lipinski definition) is 4. The van der Waals surface area contributed by atoms with Crippen LogP contribution in [0.25, 0.3) is 0 Å². The summed E-state index contributed by atoms with van der Waals surface area (Å²) in [6.45, 7) is 6.15. The van der Waals surface area contributed by atoms with Crippen molar-refractivity contribution in [3.05, 3.63) is 23.8 Å². The van der Waals surface area contributed by atoms with E-state index in [4.69, 9.17) is 9.47 Å². The summed E-state index contributed by atoms with van der Waals surface area (Å²) in [5, 5.41) is 3.26. The Labute approximate surface area is 132 Å². The van der Waals surface area contributed by atoms with E-state index >= 15 is 0 Å². The molecule has 5 nitrogen and oxygen atoms in total. The molecule has 1 saturated heterocycles. The summed E-state index contributed by atoms with van der Waals surface area (Å²) >= 11 is 0. The third kappa shape index (κ3) is 4.63. The number of carbonyl (C=O) groups excluding carboxylic acids is 1. The SMILES string of the molecule is CCCOc1cc(CCC(=O)N2CCNCC2)ccc1OC. The molecule has 0 atom stereocenters. The second-order valence-electron chi connectivity index (χ2n) is 5.46. The zero-order valence-electron chi connectivity index (χ0n) is 13.6. The van der Waals surface area contributed by atoms with Crippen LogP contribution in [0.1, 0.15) is 25.3 Å². The normalized spacial score (nSPS) is 14.7. The van der Waals surface area contributed by atoms with Gasteiger partial charge in [-0.2, -0.15) is 0 Å². The minimum atomic E-state index is 0.230. The molecule has 2 rings (SSSR count). The third-order valence-electron chi connectivity index (χ3n) is 3.79. The van der Waals surface area contributed by atoms with Crippen molar-refractivity contribution in [2.75, 3.05) is 39.9 Å². The van der Waals surface area contributed by atoms with Crippen molar-refractivity contribution in [3.63, 3.8) is 0 Å². The Morgan fingerprint density at radius 1 is 1.27 bits per heavy atom. The van der Waals surface area contributed by atoms with E-state index in [-0.39, 0.29) is 5.91 Å². The van der Waals surface area contributed by atoms with Crippen LogP contribution in [0, 0.1) is 0 Å². The van der Waals surface area contributed by atoms with Crippen LogP contribution < -0.4 is 14.8 Å². The highest BCUT2D eigenvalue weighted by Gasteiger charge is 2.16. The molecule has 0 saturated carbocycles. The number of piperazine rings is 1. The fraction of sp³-hybridized carbons (Fsp3) is 0.588. The van der Waals surface area contributed by atoms with Gasteiger partial charge in [0.2, 0.25) is 5.91 Å². The maximum atomic E-state index is 12.2. The molecule has 22 heavy (non-hydrogen) atoms. The molecule has 1 N–H and O–H groups in total. The summed E-state index contributed by atoms with van der Waals surface area (Å²) in [6.07, 6.45) is 2.23. The van der Waals surface area contributed by atoms with Crippen LogP contribution in [0.15, 0.2) is 18.2 Å². The zero-order chi connectivity index (χ0) is 15.8. The van der Waals surface area contributed by atoms with Crippen LogP contribution in [0.4, 0.5) is 0 Å². The maximum Gasteiger partial charge on any atom is 0.222 e. The number of ether oxygens (including phenoxy) is 2. The quantitative estimate of drug-likeness (QED) is 0.835. The Kier molecular flexibility index (Phi) is 6.52. The summed E-state index contributed by atoms with van der Waals surface area (Å²) in [6, 6.07) is 5.90. The Balaban J connectivity index is 1.92. The molecule has 1 aliphatic rings. The average Bonchev–Trinajstić information content (AvgIpc) is 2.58. The van der Waals surface area contributed by atoms with Gasteiger partial charge in [0.1, 0.15) is 0 Å². The van der Waals surface area contributed by atoms with E-state index in [9.17, 15) is 4.79 Å². The molecule has 5 heteroatoms. The summed E-state index contributed by atoms with van der Waals surface area (Å²) < 4.78 is 11.0. The fourth-order valence-corrected chi connectivity index (χ4v) is 2.53. The lowest BCUT2D eigenvalue weighted by molar-refractivity contribution is -0.131. The Hall–Kier alpha value is -1.75. The highest BCUT2D eigenvalue weighted by molar-refractivity contribution is 5.76. The number of nitrogens with zero attached hydrogens (tertiary/aromatic N) is 1. The number of amides is 1. The molecule has 1 heterocycles. The fourth-order valence-electron chi connectivity index (χ4n) is 2.53. The van der Waals surface area contributed by atoms with Crippen LogP contribution in [0.2, 0.25) is 0 Å². The first-order valence-electron chi connectivity index (χ1n) is 8.02. The Morgan fingerprint density at radius 2 is 2.05 bits per heavy atom. The zero-order valence-corrected chi connectivity index (χ0v) is 13.6. The smallest absolute Gasteiger partial charge is 0.222 e. The number of aryl methyl sites for hydroxylation is 1. The minimum absolute atomic E-state index is 0.230. The van der Waals surface area contributed by atoms with Crippen LogP contribution in [-0.4, -0.2) is 50.7 Å². The Bertz CT molecular complexity index is 485. The highest BCUT2D eigenvalue weighted by Crippen LogP contribution is 2.28. The number of nitrogens with one attached hydrogen (secondary N) is 1. The molecule has 0 bridgehead atoms. The van der Waals surface area contributed by atoms with Crippen molar-refractivity contribution in [2.24, 2.45) is 0 Å². The van der Waals surface area contributed by atoms with Gasteiger partial charge in [-0.15, -0.1) is 0 Å². The van der Waals surface area contributed by atoms with Gasteiger partial charge in [-0.25, -0.2) is 0 Å². The van der Waals surface area contributed by atoms with Gasteiger partial charge in [-0.1, -0.05) is 13.0 Å². The van der Waals surface area contributed by atoms with Gasteiger partial charge in [-0.3, -0.25) is 4.79 Å². The lowest BCUT2D eigenvalue weighted by atomic mass is 10.1. The van der Waals surface area contributed by atoms with E-state index in [1.807, 2.05) is 23.1 Å². The van der Waals surface area contributed by atoms with Crippen molar-refractivity contribution in [2.45, 2.75) is 26.2 Å². The first kappa shape index (κ1) is 16.6. The second-order valence-corrected chi connectivity index (χ2v) is 5.46. The molecular formula is C17H26N2O3. The summed E-state index contributed by atoms with van der Waals surface area (Å²) in [4.78, 5) is 14.1. The van der Waals surface area contributed by atoms with Gasteiger partial charge >= 0.3 is 0 Å². The minimum Gasteiger partial charge on any atom is -0.493 e. The van der Waals surface area contributed by atoms with Crippen molar-refractivity contribution < 1.29 is 14.3 Å². The summed E-state index contributed by atoms with van der Waals surface area (Å²) in [5.74, 6) is 1.73. The molecule has 0 radical (unpaired) electrons. The first-order valence-corrected chi connectivity index (χ1v) is 8.02. The standard InChI is InChI=1S/C17H26N2O3/c1-3-12-22-16-13-14(4-6-15(16)21-2)5-7-17(20)19-10-8-18-9-11-19/h4,6,13,18H,3,5,7-12H2,1-2H3. The molecule has 1 amide bonds. The number of benzene rings is 1. The number of rotatable bonds is 7. The van der Waals surface area contributed by atoms with Crippen LogP contribution in [-0.2, 0) is 11.2 Å². The average molecular weight is 306 g/mol. The molecule has 1 aliphatic heterocycles. The van der Waals surface area contributed by atoms with Crippen molar-refractivity contribution >= 4 is 5.91 Å². The number of methoxy groups -OCH3 is 1. The van der Waals surface area contributed by atoms with Gasteiger partial charge in [0.05, 0.1) is 13.7 Å². The molecule has 1 aromatic carbocycles. The van der Waals surface area contributed by atoms with Crippen molar-refractivity contribution in [3.8, 4) is 11.5 Å². The molecule has 0 aromatic heterocycles. The van der Waals surface area contributed by atoms with E-state index < -0.39 is 0 Å². The number of carbonyl (C=O) groups is 1. The van der Waals surface area contributed by atoms with Gasteiger partial charge in [0.25, 0.3) is 0 Å². The predicted octanol–water partition coefficient (Wildman–Crippen LogP) is 1.85. The van der Waals surface area contributed by atoms with E-state index in [1.54, 1.807) is 7.11 Å². The lowest BCUT2D eigenvalue weighted by Gasteiger charge is -2.27. The van der Waals surface area contributed by atoms with Gasteiger partial charge in [0.15, 0.2) is 11.5 Å². The van der Waals surface area contributed by atoms with Crippen LogP contribution >= 0.6 is 0 Å². The van der Waals surface area contributed by atoms with E-state index in [1.165, 1.54) is 0 Å². The van der Waals surface area contributed by atoms with Gasteiger partial charge in [0, 0.05) is 32.6 Å². The highest BCUT2D eigenvalue weighted by atomic mass is 16.5. The third-order valence-corrected chi connectivity index (χ3v) is 3.79. The molecule has 0 spiro atoms. The summed E-state index contributed by atoms with van der Waals surface area (Å²) in [7, 11) is 1.64. The van der Waals surface area contributed by atoms with Crippen LogP contribution in [0.3, 0.4) is 0 Å². The van der Waals surface area contributed by atoms with E-state index in [0.29, 0.717) is 13.0 Å². The van der Waals surface area contributed by atoms with Gasteiger partial charge < -0.3 is 19.7 Å². The number of hydrogen-bond donors (Lipinski definition) is 1. The molecular weight excluding hydrogens is 280 g/mol. The maximum absolute atomic E-state index is 12.2. The predicted molar refractivity (Wildman–Crippen MR) is 86.6 cm³/mol. The molecule has 1 aromatic rings. The van der Waals surface area contributed by atoms with Crippen molar-refractivity contribution in [1.29, 1.82) is 0 Å². The monoisotopic (exact) mass is 306 g/mol. The lowest BCUT2D eigenvalue weighted by Crippen LogP contribution is -2.46.